The van der Waals surface area contributed by atoms with Crippen LogP contribution in [0.25, 0.3) is 0 Å². The zero-order valence-corrected chi connectivity index (χ0v) is 13.2. The Labute approximate surface area is 116 Å². The van der Waals surface area contributed by atoms with E-state index in [-0.39, 0.29) is 11.8 Å². The second kappa shape index (κ2) is 7.74. The van der Waals surface area contributed by atoms with Gasteiger partial charge in [0.25, 0.3) is 0 Å². The highest BCUT2D eigenvalue weighted by Crippen LogP contribution is 2.00. The topological polar surface area (TPSA) is 69.7 Å². The van der Waals surface area contributed by atoms with E-state index in [9.17, 15) is 13.2 Å². The number of rotatable bonds is 9. The van der Waals surface area contributed by atoms with Gasteiger partial charge in [0, 0.05) is 26.7 Å². The smallest absolute Gasteiger partial charge is 0.210 e. The Balaban J connectivity index is 4.33. The van der Waals surface area contributed by atoms with Gasteiger partial charge in [-0.2, -0.15) is 0 Å². The van der Waals surface area contributed by atoms with Crippen molar-refractivity contribution in [1.82, 2.24) is 14.5 Å². The third-order valence-corrected chi connectivity index (χ3v) is 4.26. The molecule has 0 aliphatic rings. The maximum Gasteiger partial charge on any atom is 0.210 e. The fraction of sp³-hybridized carbons (Fsp3) is 0.750. The number of carbonyl (C=O) groups is 1. The predicted molar refractivity (Wildman–Crippen MR) is 77.6 cm³/mol. The van der Waals surface area contributed by atoms with Crippen molar-refractivity contribution in [2.24, 2.45) is 0 Å². The van der Waals surface area contributed by atoms with Crippen LogP contribution in [0.4, 0.5) is 0 Å². The van der Waals surface area contributed by atoms with Gasteiger partial charge in [-0.15, -0.1) is 0 Å². The number of sulfonamides is 1. The van der Waals surface area contributed by atoms with Gasteiger partial charge < -0.3 is 10.2 Å². The molecule has 0 rings (SSSR count). The summed E-state index contributed by atoms with van der Waals surface area (Å²) in [6.45, 7) is 6.80. The Bertz CT molecular complexity index is 420. The molecule has 19 heavy (non-hydrogen) atoms. The van der Waals surface area contributed by atoms with E-state index in [0.717, 1.165) is 0 Å². The van der Waals surface area contributed by atoms with Crippen molar-refractivity contribution in [3.63, 3.8) is 0 Å². The number of carbonyl (C=O) groups excluding carboxylic acids is 1. The quantitative estimate of drug-likeness (QED) is 0.582. The van der Waals surface area contributed by atoms with Crippen molar-refractivity contribution < 1.29 is 13.2 Å². The minimum atomic E-state index is -3.15. The highest BCUT2D eigenvalue weighted by atomic mass is 32.2. The molecule has 0 heterocycles. The van der Waals surface area contributed by atoms with Gasteiger partial charge in [0.1, 0.15) is 0 Å². The van der Waals surface area contributed by atoms with Gasteiger partial charge in [-0.05, 0) is 26.6 Å². The van der Waals surface area contributed by atoms with Crippen molar-refractivity contribution in [1.29, 1.82) is 0 Å². The van der Waals surface area contributed by atoms with Crippen LogP contribution in [0.5, 0.6) is 0 Å². The SMILES string of the molecule is C=C(C)C(=O)C(CN(C)CCN(C)S(C)(=O)=O)NC. The molecule has 0 spiro atoms. The fourth-order valence-corrected chi connectivity index (χ4v) is 1.90. The number of nitrogens with one attached hydrogen (secondary N) is 1. The maximum absolute atomic E-state index is 11.8. The summed E-state index contributed by atoms with van der Waals surface area (Å²) in [5.41, 5.74) is 0.515. The first-order valence-corrected chi connectivity index (χ1v) is 7.91. The Morgan fingerprint density at radius 3 is 2.21 bits per heavy atom. The third-order valence-electron chi connectivity index (χ3n) is 2.94. The second-order valence-corrected chi connectivity index (χ2v) is 6.92. The minimum Gasteiger partial charge on any atom is -0.309 e. The van der Waals surface area contributed by atoms with Gasteiger partial charge in [0.05, 0.1) is 12.3 Å². The molecule has 0 amide bonds. The van der Waals surface area contributed by atoms with Gasteiger partial charge in [0.2, 0.25) is 10.0 Å². The van der Waals surface area contributed by atoms with Crippen LogP contribution in [0.1, 0.15) is 6.92 Å². The van der Waals surface area contributed by atoms with Crippen LogP contribution in [0.3, 0.4) is 0 Å². The summed E-state index contributed by atoms with van der Waals surface area (Å²) in [5, 5.41) is 2.95. The molecule has 1 unspecified atom stereocenters. The van der Waals surface area contributed by atoms with Gasteiger partial charge in [-0.1, -0.05) is 6.58 Å². The van der Waals surface area contributed by atoms with Crippen molar-refractivity contribution in [2.45, 2.75) is 13.0 Å². The molecule has 0 saturated heterocycles. The van der Waals surface area contributed by atoms with Crippen molar-refractivity contribution >= 4 is 15.8 Å². The molecule has 0 aliphatic heterocycles. The summed E-state index contributed by atoms with van der Waals surface area (Å²) in [6, 6.07) is -0.314. The van der Waals surface area contributed by atoms with Crippen LogP contribution in [-0.4, -0.2) is 76.5 Å². The summed E-state index contributed by atoms with van der Waals surface area (Å²) in [7, 11) is 1.96. The molecule has 0 aromatic heterocycles. The van der Waals surface area contributed by atoms with E-state index in [4.69, 9.17) is 0 Å². The number of hydrogen-bond acceptors (Lipinski definition) is 5. The maximum atomic E-state index is 11.8. The molecule has 0 saturated carbocycles. The third kappa shape index (κ3) is 6.81. The zero-order valence-electron chi connectivity index (χ0n) is 12.4. The molecule has 6 nitrogen and oxygen atoms in total. The predicted octanol–water partition coefficient (Wildman–Crippen LogP) is -0.457. The molecule has 1 atom stereocenters. The van der Waals surface area contributed by atoms with Crippen LogP contribution < -0.4 is 5.32 Å². The standard InChI is InChI=1S/C12H25N3O3S/c1-10(2)12(16)11(13-3)9-14(4)7-8-15(5)19(6,17)18/h11,13H,1,7-9H2,2-6H3. The van der Waals surface area contributed by atoms with Crippen LogP contribution in [-0.2, 0) is 14.8 Å². The minimum absolute atomic E-state index is 0.0224. The van der Waals surface area contributed by atoms with Gasteiger partial charge in [-0.25, -0.2) is 12.7 Å². The van der Waals surface area contributed by atoms with Crippen LogP contribution in [0, 0.1) is 0 Å². The lowest BCUT2D eigenvalue weighted by molar-refractivity contribution is -0.117. The van der Waals surface area contributed by atoms with E-state index in [1.807, 2.05) is 11.9 Å². The Hall–Kier alpha value is -0.760. The number of nitrogens with zero attached hydrogens (tertiary/aromatic N) is 2. The molecule has 112 valence electrons. The van der Waals surface area contributed by atoms with E-state index < -0.39 is 10.0 Å². The average Bonchev–Trinajstić information content (AvgIpc) is 2.30. The first kappa shape index (κ1) is 18.2. The van der Waals surface area contributed by atoms with E-state index in [0.29, 0.717) is 25.2 Å². The summed E-state index contributed by atoms with van der Waals surface area (Å²) < 4.78 is 23.8. The molecular formula is C12H25N3O3S. The number of ketones is 1. The molecule has 0 radical (unpaired) electrons. The molecule has 7 heteroatoms. The first-order valence-electron chi connectivity index (χ1n) is 6.06. The highest BCUT2D eigenvalue weighted by Gasteiger charge is 2.19. The summed E-state index contributed by atoms with van der Waals surface area (Å²) in [4.78, 5) is 13.7. The zero-order chi connectivity index (χ0) is 15.2. The molecule has 0 bridgehead atoms. The fourth-order valence-electron chi connectivity index (χ4n) is 1.48. The van der Waals surface area contributed by atoms with Gasteiger partial charge >= 0.3 is 0 Å². The highest BCUT2D eigenvalue weighted by molar-refractivity contribution is 7.88. The summed E-state index contributed by atoms with van der Waals surface area (Å²) in [6.07, 6.45) is 1.17. The largest absolute Gasteiger partial charge is 0.309 e. The first-order chi connectivity index (χ1) is 8.59. The van der Waals surface area contributed by atoms with Crippen molar-refractivity contribution in [3.05, 3.63) is 12.2 Å². The number of hydrogen-bond donors (Lipinski definition) is 1. The summed E-state index contributed by atoms with van der Waals surface area (Å²) >= 11 is 0. The van der Waals surface area contributed by atoms with Gasteiger partial charge in [-0.3, -0.25) is 4.79 Å². The lowest BCUT2D eigenvalue weighted by Gasteiger charge is -2.24. The van der Waals surface area contributed by atoms with Crippen molar-refractivity contribution in [2.75, 3.05) is 47.0 Å². The van der Waals surface area contributed by atoms with E-state index in [1.165, 1.54) is 17.6 Å². The molecule has 0 aromatic rings. The monoisotopic (exact) mass is 291 g/mol. The average molecular weight is 291 g/mol. The Morgan fingerprint density at radius 2 is 1.84 bits per heavy atom. The second-order valence-electron chi connectivity index (χ2n) is 4.83. The van der Waals surface area contributed by atoms with E-state index in [1.54, 1.807) is 14.0 Å². The van der Waals surface area contributed by atoms with Crippen LogP contribution in [0.2, 0.25) is 0 Å². The van der Waals surface area contributed by atoms with Crippen molar-refractivity contribution in [3.8, 4) is 0 Å². The number of Topliss-reactive ketones (excluding diaryl/α,β-unsaturated/α-hetero) is 1. The lowest BCUT2D eigenvalue weighted by Crippen LogP contribution is -2.45. The Kier molecular flexibility index (Phi) is 7.43. The van der Waals surface area contributed by atoms with E-state index in [2.05, 4.69) is 11.9 Å². The molecule has 0 aromatic carbocycles. The normalized spacial score (nSPS) is 13.8. The lowest BCUT2D eigenvalue weighted by atomic mass is 10.1. The molecule has 0 aliphatic carbocycles. The van der Waals surface area contributed by atoms with Gasteiger partial charge in [0.15, 0.2) is 5.78 Å². The van der Waals surface area contributed by atoms with E-state index >= 15 is 0 Å². The van der Waals surface area contributed by atoms with Crippen LogP contribution >= 0.6 is 0 Å². The summed E-state index contributed by atoms with van der Waals surface area (Å²) in [5.74, 6) is -0.0224. The Morgan fingerprint density at radius 1 is 1.32 bits per heavy atom. The van der Waals surface area contributed by atoms with Crippen LogP contribution in [0.15, 0.2) is 12.2 Å². The molecular weight excluding hydrogens is 266 g/mol. The molecule has 1 N–H and O–H groups in total. The number of likely N-dealkylation sites (N-methyl/N-ethyl adjacent to an activating group) is 3. The molecule has 0 fully saturated rings.